The zero-order valence-corrected chi connectivity index (χ0v) is 7.08. The van der Waals surface area contributed by atoms with Crippen molar-refractivity contribution in [3.63, 3.8) is 0 Å². The first kappa shape index (κ1) is 11.2. The van der Waals surface area contributed by atoms with Crippen LogP contribution in [0.25, 0.3) is 0 Å². The summed E-state index contributed by atoms with van der Waals surface area (Å²) in [6.07, 6.45) is 0. The number of alkyl halides is 2. The largest absolute Gasteiger partial charge is 0.241 e. The molecule has 0 bridgehead atoms. The Kier molecular flexibility index (Phi) is 5.45. The molecule has 0 radical (unpaired) electrons. The summed E-state index contributed by atoms with van der Waals surface area (Å²) in [6, 6.07) is 2.50. The Hall–Kier alpha value is -0.770. The van der Waals surface area contributed by atoms with Crippen molar-refractivity contribution in [1.29, 1.82) is 0 Å². The molecule has 0 saturated heterocycles. The molecule has 12 heavy (non-hydrogen) atoms. The maximum atomic E-state index is 12.3. The molecule has 0 aromatic carbocycles. The van der Waals surface area contributed by atoms with Crippen molar-refractivity contribution in [3.8, 4) is 0 Å². The Morgan fingerprint density at radius 1 is 1.42 bits per heavy atom. The first-order valence-electron chi connectivity index (χ1n) is 3.01. The molecule has 5 heteroatoms. The average Bonchev–Trinajstić information content (AvgIpc) is 1.84. The quantitative estimate of drug-likeness (QED) is 0.583. The van der Waals surface area contributed by atoms with Gasteiger partial charge in [0.05, 0.1) is 0 Å². The number of halogens is 4. The summed E-state index contributed by atoms with van der Waals surface area (Å²) in [4.78, 5) is 3.76. The topological polar surface area (TPSA) is 12.9 Å². The van der Waals surface area contributed by atoms with Crippen molar-refractivity contribution in [3.05, 3.63) is 28.8 Å². The molecule has 0 aliphatic rings. The highest BCUT2D eigenvalue weighted by Gasteiger charge is 1.93. The van der Waals surface area contributed by atoms with Gasteiger partial charge in [-0.25, -0.2) is 18.2 Å². The summed E-state index contributed by atoms with van der Waals surface area (Å²) in [5.74, 6) is -0.340. The highest BCUT2D eigenvalue weighted by Crippen LogP contribution is 2.07. The van der Waals surface area contributed by atoms with E-state index in [4.69, 9.17) is 11.6 Å². The summed E-state index contributed by atoms with van der Waals surface area (Å²) >= 11 is 5.40. The average molecular weight is 198 g/mol. The van der Waals surface area contributed by atoms with E-state index in [-0.39, 0.29) is 11.0 Å². The van der Waals surface area contributed by atoms with Gasteiger partial charge in [0.2, 0.25) is 6.93 Å². The van der Waals surface area contributed by atoms with Crippen LogP contribution in [0.5, 0.6) is 0 Å². The molecule has 0 fully saturated rings. The molecule has 1 rings (SSSR count). The zero-order valence-electron chi connectivity index (χ0n) is 6.32. The van der Waals surface area contributed by atoms with Crippen molar-refractivity contribution in [2.45, 2.75) is 6.92 Å². The molecule has 0 N–H and O–H groups in total. The molecule has 68 valence electrons. The lowest BCUT2D eigenvalue weighted by Crippen LogP contribution is -1.82. The van der Waals surface area contributed by atoms with Gasteiger partial charge in [-0.3, -0.25) is 0 Å². The molecule has 0 saturated carbocycles. The van der Waals surface area contributed by atoms with E-state index in [1.165, 1.54) is 12.1 Å². The van der Waals surface area contributed by atoms with E-state index in [9.17, 15) is 13.2 Å². The van der Waals surface area contributed by atoms with E-state index in [0.29, 0.717) is 5.69 Å². The Bertz CT molecular complexity index is 192. The third-order valence-corrected chi connectivity index (χ3v) is 1.08. The van der Waals surface area contributed by atoms with E-state index in [1.54, 1.807) is 6.92 Å². The van der Waals surface area contributed by atoms with E-state index < -0.39 is 6.93 Å². The fraction of sp³-hybridized carbons (Fsp3) is 0.286. The first-order chi connectivity index (χ1) is 5.60. The van der Waals surface area contributed by atoms with Crippen LogP contribution >= 0.6 is 11.6 Å². The minimum Gasteiger partial charge on any atom is -0.241 e. The molecule has 0 aliphatic heterocycles. The Labute approximate surface area is 73.2 Å². The van der Waals surface area contributed by atoms with Gasteiger partial charge in [0, 0.05) is 11.8 Å². The molecule has 0 unspecified atom stereocenters. The molecular formula is C7H7ClF3N. The van der Waals surface area contributed by atoms with Crippen LogP contribution in [-0.2, 0) is 0 Å². The predicted octanol–water partition coefficient (Wildman–Crippen LogP) is 3.07. The second-order valence-electron chi connectivity index (χ2n) is 1.85. The standard InChI is InChI=1S/C6H5ClFN.CH2F2/c1-4-2-5(8)3-6(7)9-4;2-1-3/h2-3H,1H3;1H2. The predicted molar refractivity (Wildman–Crippen MR) is 41.0 cm³/mol. The summed E-state index contributed by atoms with van der Waals surface area (Å²) in [6.45, 7) is -0.0606. The summed E-state index contributed by atoms with van der Waals surface area (Å²) in [7, 11) is 0. The van der Waals surface area contributed by atoms with Gasteiger partial charge in [0.1, 0.15) is 11.0 Å². The number of aryl methyl sites for hydroxylation is 1. The van der Waals surface area contributed by atoms with E-state index in [1.807, 2.05) is 0 Å². The summed E-state index contributed by atoms with van der Waals surface area (Å²) < 4.78 is 31.6. The second-order valence-corrected chi connectivity index (χ2v) is 2.24. The van der Waals surface area contributed by atoms with Crippen molar-refractivity contribution < 1.29 is 13.2 Å². The van der Waals surface area contributed by atoms with Gasteiger partial charge >= 0.3 is 0 Å². The number of rotatable bonds is 0. The highest BCUT2D eigenvalue weighted by atomic mass is 35.5. The first-order valence-corrected chi connectivity index (χ1v) is 3.39. The zero-order chi connectivity index (χ0) is 9.56. The SMILES string of the molecule is Cc1cc(F)cc(Cl)n1.FCF. The van der Waals surface area contributed by atoms with Crippen molar-refractivity contribution in [2.24, 2.45) is 0 Å². The third-order valence-electron chi connectivity index (χ3n) is 0.887. The highest BCUT2D eigenvalue weighted by molar-refractivity contribution is 6.29. The van der Waals surface area contributed by atoms with Gasteiger partial charge < -0.3 is 0 Å². The van der Waals surface area contributed by atoms with Crippen LogP contribution in [0.15, 0.2) is 12.1 Å². The molecule has 0 atom stereocenters. The Balaban J connectivity index is 0.000000354. The van der Waals surface area contributed by atoms with Crippen LogP contribution < -0.4 is 0 Å². The molecule has 1 nitrogen and oxygen atoms in total. The van der Waals surface area contributed by atoms with Crippen LogP contribution in [-0.4, -0.2) is 11.9 Å². The molecule has 1 heterocycles. The van der Waals surface area contributed by atoms with Gasteiger partial charge in [-0.05, 0) is 13.0 Å². The van der Waals surface area contributed by atoms with Crippen molar-refractivity contribution in [2.75, 3.05) is 6.93 Å². The van der Waals surface area contributed by atoms with E-state index in [2.05, 4.69) is 4.98 Å². The Morgan fingerprint density at radius 3 is 2.25 bits per heavy atom. The third kappa shape index (κ3) is 4.96. The summed E-state index contributed by atoms with van der Waals surface area (Å²) in [5, 5.41) is 0.201. The smallest absolute Gasteiger partial charge is 0.229 e. The van der Waals surface area contributed by atoms with Crippen LogP contribution in [0.4, 0.5) is 13.2 Å². The van der Waals surface area contributed by atoms with Crippen molar-refractivity contribution in [1.82, 2.24) is 4.98 Å². The van der Waals surface area contributed by atoms with Crippen LogP contribution in [0, 0.1) is 12.7 Å². The molecule has 0 amide bonds. The van der Waals surface area contributed by atoms with Gasteiger partial charge in [0.25, 0.3) is 0 Å². The molecule has 1 aromatic rings. The normalized spacial score (nSPS) is 8.75. The van der Waals surface area contributed by atoms with E-state index in [0.717, 1.165) is 0 Å². The molecular weight excluding hydrogens is 191 g/mol. The lowest BCUT2D eigenvalue weighted by molar-refractivity contribution is 0.295. The minimum absolute atomic E-state index is 0.201. The maximum Gasteiger partial charge on any atom is 0.229 e. The number of hydrogen-bond acceptors (Lipinski definition) is 1. The van der Waals surface area contributed by atoms with Crippen LogP contribution in [0.1, 0.15) is 5.69 Å². The molecule has 1 aromatic heterocycles. The lowest BCUT2D eigenvalue weighted by atomic mass is 10.4. The van der Waals surface area contributed by atoms with Crippen molar-refractivity contribution >= 4 is 11.6 Å². The fourth-order valence-electron chi connectivity index (χ4n) is 0.588. The fourth-order valence-corrected chi connectivity index (χ4v) is 0.826. The number of aromatic nitrogens is 1. The number of nitrogens with zero attached hydrogens (tertiary/aromatic N) is 1. The Morgan fingerprint density at radius 2 is 1.92 bits per heavy atom. The molecule has 0 aliphatic carbocycles. The lowest BCUT2D eigenvalue weighted by Gasteiger charge is -1.91. The minimum atomic E-state index is -1.75. The second kappa shape index (κ2) is 5.83. The monoisotopic (exact) mass is 197 g/mol. The molecule has 0 spiro atoms. The van der Waals surface area contributed by atoms with Crippen LogP contribution in [0.2, 0.25) is 5.15 Å². The summed E-state index contributed by atoms with van der Waals surface area (Å²) in [5.41, 5.74) is 0.597. The van der Waals surface area contributed by atoms with E-state index >= 15 is 0 Å². The van der Waals surface area contributed by atoms with Gasteiger partial charge in [0.15, 0.2) is 0 Å². The van der Waals surface area contributed by atoms with Gasteiger partial charge in [-0.15, -0.1) is 0 Å². The maximum absolute atomic E-state index is 12.3. The number of pyridine rings is 1. The van der Waals surface area contributed by atoms with Gasteiger partial charge in [-0.2, -0.15) is 0 Å². The van der Waals surface area contributed by atoms with Gasteiger partial charge in [-0.1, -0.05) is 11.6 Å². The number of hydrogen-bond donors (Lipinski definition) is 0. The van der Waals surface area contributed by atoms with Crippen LogP contribution in [0.3, 0.4) is 0 Å².